The molecule has 0 spiro atoms. The standard InChI is InChI=1S/C11H15N3O2S/c1-11(4-2-6-17-11)8-13-9-3-5-12-7-10(9)14(15)16/h3,5,7H,2,4,6,8H2,1H3,(H,12,13). The van der Waals surface area contributed by atoms with Crippen molar-refractivity contribution in [1.29, 1.82) is 0 Å². The molecule has 92 valence electrons. The van der Waals surface area contributed by atoms with E-state index in [0.717, 1.165) is 13.0 Å². The molecule has 6 heteroatoms. The Morgan fingerprint density at radius 3 is 3.18 bits per heavy atom. The molecule has 1 saturated heterocycles. The monoisotopic (exact) mass is 253 g/mol. The lowest BCUT2D eigenvalue weighted by atomic mass is 10.1. The SMILES string of the molecule is CC1(CNc2ccncc2[N+](=O)[O-])CCCS1. The summed E-state index contributed by atoms with van der Waals surface area (Å²) in [7, 11) is 0. The van der Waals surface area contributed by atoms with Crippen molar-refractivity contribution in [2.75, 3.05) is 17.6 Å². The Morgan fingerprint density at radius 1 is 1.71 bits per heavy atom. The number of pyridine rings is 1. The van der Waals surface area contributed by atoms with E-state index in [1.54, 1.807) is 12.3 Å². The highest BCUT2D eigenvalue weighted by Gasteiger charge is 2.29. The molecule has 1 aliphatic heterocycles. The summed E-state index contributed by atoms with van der Waals surface area (Å²) in [4.78, 5) is 14.2. The van der Waals surface area contributed by atoms with Crippen LogP contribution in [0.3, 0.4) is 0 Å². The van der Waals surface area contributed by atoms with E-state index in [1.165, 1.54) is 18.4 Å². The molecule has 1 unspecified atom stereocenters. The second-order valence-corrected chi connectivity index (χ2v) is 6.09. The van der Waals surface area contributed by atoms with Crippen LogP contribution in [-0.2, 0) is 0 Å². The van der Waals surface area contributed by atoms with Crippen LogP contribution in [0.1, 0.15) is 19.8 Å². The van der Waals surface area contributed by atoms with Gasteiger partial charge in [0.15, 0.2) is 0 Å². The van der Waals surface area contributed by atoms with E-state index in [4.69, 9.17) is 0 Å². The summed E-state index contributed by atoms with van der Waals surface area (Å²) in [5.41, 5.74) is 0.595. The van der Waals surface area contributed by atoms with Gasteiger partial charge in [0.25, 0.3) is 0 Å². The molecule has 1 fully saturated rings. The van der Waals surface area contributed by atoms with Gasteiger partial charge in [-0.3, -0.25) is 15.1 Å². The quantitative estimate of drug-likeness (QED) is 0.660. The molecular formula is C11H15N3O2S. The average molecular weight is 253 g/mol. The molecule has 0 aromatic carbocycles. The van der Waals surface area contributed by atoms with Gasteiger partial charge >= 0.3 is 5.69 Å². The Morgan fingerprint density at radius 2 is 2.53 bits per heavy atom. The van der Waals surface area contributed by atoms with Gasteiger partial charge in [-0.15, -0.1) is 0 Å². The lowest BCUT2D eigenvalue weighted by molar-refractivity contribution is -0.384. The van der Waals surface area contributed by atoms with Crippen molar-refractivity contribution in [2.45, 2.75) is 24.5 Å². The Balaban J connectivity index is 2.06. The van der Waals surface area contributed by atoms with Gasteiger partial charge in [0, 0.05) is 17.5 Å². The van der Waals surface area contributed by atoms with Gasteiger partial charge in [0.2, 0.25) is 0 Å². The van der Waals surface area contributed by atoms with Crippen LogP contribution in [0.5, 0.6) is 0 Å². The zero-order valence-electron chi connectivity index (χ0n) is 9.68. The maximum absolute atomic E-state index is 10.8. The Hall–Kier alpha value is -1.30. The van der Waals surface area contributed by atoms with Crippen LogP contribution in [0.4, 0.5) is 11.4 Å². The number of anilines is 1. The zero-order chi connectivity index (χ0) is 12.3. The van der Waals surface area contributed by atoms with Crippen LogP contribution in [-0.4, -0.2) is 27.0 Å². The first-order chi connectivity index (χ1) is 8.11. The molecule has 1 atom stereocenters. The molecule has 0 radical (unpaired) electrons. The fraction of sp³-hybridized carbons (Fsp3) is 0.545. The predicted octanol–water partition coefficient (Wildman–Crippen LogP) is 2.69. The van der Waals surface area contributed by atoms with Gasteiger partial charge in [-0.25, -0.2) is 0 Å². The number of nitrogens with one attached hydrogen (secondary N) is 1. The Bertz CT molecular complexity index is 419. The first-order valence-electron chi connectivity index (χ1n) is 5.57. The van der Waals surface area contributed by atoms with E-state index in [1.807, 2.05) is 11.8 Å². The number of hydrogen-bond acceptors (Lipinski definition) is 5. The summed E-state index contributed by atoms with van der Waals surface area (Å²) >= 11 is 1.93. The molecule has 1 aromatic rings. The maximum Gasteiger partial charge on any atom is 0.310 e. The van der Waals surface area contributed by atoms with Gasteiger partial charge < -0.3 is 5.32 Å². The first kappa shape index (κ1) is 12.2. The molecule has 17 heavy (non-hydrogen) atoms. The lowest BCUT2D eigenvalue weighted by Crippen LogP contribution is -2.27. The van der Waals surface area contributed by atoms with Gasteiger partial charge in [-0.2, -0.15) is 11.8 Å². The molecule has 5 nitrogen and oxygen atoms in total. The van der Waals surface area contributed by atoms with Crippen molar-refractivity contribution in [3.63, 3.8) is 0 Å². The lowest BCUT2D eigenvalue weighted by Gasteiger charge is -2.23. The normalized spacial score (nSPS) is 23.6. The van der Waals surface area contributed by atoms with E-state index < -0.39 is 4.92 Å². The molecule has 1 aliphatic rings. The van der Waals surface area contributed by atoms with Crippen molar-refractivity contribution in [2.24, 2.45) is 0 Å². The number of thioether (sulfide) groups is 1. The van der Waals surface area contributed by atoms with Crippen molar-refractivity contribution < 1.29 is 4.92 Å². The fourth-order valence-electron chi connectivity index (χ4n) is 1.94. The van der Waals surface area contributed by atoms with Gasteiger partial charge in [0.05, 0.1) is 4.92 Å². The topological polar surface area (TPSA) is 68.1 Å². The smallest absolute Gasteiger partial charge is 0.310 e. The molecule has 0 amide bonds. The highest BCUT2D eigenvalue weighted by atomic mass is 32.2. The third-order valence-corrected chi connectivity index (χ3v) is 4.49. The molecule has 0 aliphatic carbocycles. The Kier molecular flexibility index (Phi) is 3.51. The van der Waals surface area contributed by atoms with E-state index in [2.05, 4.69) is 17.2 Å². The van der Waals surface area contributed by atoms with E-state index in [9.17, 15) is 10.1 Å². The molecule has 2 heterocycles. The minimum atomic E-state index is -0.403. The molecule has 1 N–H and O–H groups in total. The molecule has 0 saturated carbocycles. The van der Waals surface area contributed by atoms with Crippen molar-refractivity contribution >= 4 is 23.1 Å². The number of hydrogen-bond donors (Lipinski definition) is 1. The van der Waals surface area contributed by atoms with Gasteiger partial charge in [0.1, 0.15) is 11.9 Å². The third kappa shape index (κ3) is 2.88. The maximum atomic E-state index is 10.8. The van der Waals surface area contributed by atoms with Crippen molar-refractivity contribution in [3.05, 3.63) is 28.6 Å². The summed E-state index contributed by atoms with van der Waals surface area (Å²) < 4.78 is 0.192. The summed E-state index contributed by atoms with van der Waals surface area (Å²) in [6.07, 6.45) is 5.23. The highest BCUT2D eigenvalue weighted by molar-refractivity contribution is 8.00. The molecule has 2 rings (SSSR count). The summed E-state index contributed by atoms with van der Waals surface area (Å²) in [6, 6.07) is 1.65. The second kappa shape index (κ2) is 4.91. The summed E-state index contributed by atoms with van der Waals surface area (Å²) in [5.74, 6) is 1.18. The third-order valence-electron chi connectivity index (χ3n) is 2.95. The van der Waals surface area contributed by atoms with Crippen LogP contribution in [0.15, 0.2) is 18.5 Å². The van der Waals surface area contributed by atoms with Crippen LogP contribution in [0, 0.1) is 10.1 Å². The number of aromatic nitrogens is 1. The number of nitrogens with zero attached hydrogens (tertiary/aromatic N) is 2. The van der Waals surface area contributed by atoms with E-state index in [-0.39, 0.29) is 10.4 Å². The van der Waals surface area contributed by atoms with Gasteiger partial charge in [-0.1, -0.05) is 0 Å². The van der Waals surface area contributed by atoms with Crippen LogP contribution < -0.4 is 5.32 Å². The first-order valence-corrected chi connectivity index (χ1v) is 6.55. The minimum absolute atomic E-state index is 0.0408. The van der Waals surface area contributed by atoms with Crippen LogP contribution in [0.25, 0.3) is 0 Å². The number of rotatable bonds is 4. The van der Waals surface area contributed by atoms with Crippen LogP contribution in [0.2, 0.25) is 0 Å². The molecular weight excluding hydrogens is 238 g/mol. The summed E-state index contributed by atoms with van der Waals surface area (Å²) in [5, 5.41) is 14.0. The van der Waals surface area contributed by atoms with Crippen molar-refractivity contribution in [1.82, 2.24) is 4.98 Å². The largest absolute Gasteiger partial charge is 0.378 e. The highest BCUT2D eigenvalue weighted by Crippen LogP contribution is 2.38. The zero-order valence-corrected chi connectivity index (χ0v) is 10.5. The molecule has 0 bridgehead atoms. The van der Waals surface area contributed by atoms with E-state index >= 15 is 0 Å². The van der Waals surface area contributed by atoms with E-state index in [0.29, 0.717) is 5.69 Å². The molecule has 1 aromatic heterocycles. The van der Waals surface area contributed by atoms with Crippen molar-refractivity contribution in [3.8, 4) is 0 Å². The van der Waals surface area contributed by atoms with Crippen LogP contribution >= 0.6 is 11.8 Å². The second-order valence-electron chi connectivity index (χ2n) is 4.41. The average Bonchev–Trinajstić information content (AvgIpc) is 2.74. The minimum Gasteiger partial charge on any atom is -0.378 e. The Labute approximate surface area is 104 Å². The number of nitro groups is 1. The summed E-state index contributed by atoms with van der Waals surface area (Å²) in [6.45, 7) is 2.95. The fourth-order valence-corrected chi connectivity index (χ4v) is 3.18. The van der Waals surface area contributed by atoms with Gasteiger partial charge in [-0.05, 0) is 31.6 Å². The predicted molar refractivity (Wildman–Crippen MR) is 69.5 cm³/mol.